The van der Waals surface area contributed by atoms with E-state index in [0.29, 0.717) is 18.0 Å². The predicted octanol–water partition coefficient (Wildman–Crippen LogP) is 1.49. The van der Waals surface area contributed by atoms with Crippen molar-refractivity contribution in [2.45, 2.75) is 13.3 Å². The fourth-order valence-corrected chi connectivity index (χ4v) is 0.553. The van der Waals surface area contributed by atoms with Crippen LogP contribution in [0, 0.1) is 0 Å². The van der Waals surface area contributed by atoms with Gasteiger partial charge in [0.25, 0.3) is 0 Å². The monoisotopic (exact) mass is 220 g/mol. The Kier molecular flexibility index (Phi) is 12.0. The molecule has 3 nitrogen and oxygen atoms in total. The van der Waals surface area contributed by atoms with Gasteiger partial charge in [0.15, 0.2) is 0 Å². The van der Waals surface area contributed by atoms with E-state index in [1.165, 1.54) is 0 Å². The summed E-state index contributed by atoms with van der Waals surface area (Å²) in [6.07, 6.45) is 0.806. The largest absolute Gasteiger partial charge is 0.352 e. The highest BCUT2D eigenvalue weighted by Gasteiger charge is 1.97. The topological polar surface area (TPSA) is 32.3 Å². The molecule has 0 fully saturated rings. The minimum absolute atomic E-state index is 0.0925. The number of alkyl halides is 1. The number of carbonyl (C=O) groups excluding carboxylic acids is 1. The summed E-state index contributed by atoms with van der Waals surface area (Å²) in [4.78, 5) is 12.8. The molecule has 0 aromatic carbocycles. The molecule has 0 atom stereocenters. The molecule has 0 rings (SSSR count). The van der Waals surface area contributed by atoms with Crippen LogP contribution in [0.4, 0.5) is 0 Å². The van der Waals surface area contributed by atoms with Crippen LogP contribution in [0.3, 0.4) is 0 Å². The van der Waals surface area contributed by atoms with Crippen molar-refractivity contribution in [3.05, 3.63) is 12.2 Å². The predicted molar refractivity (Wildman–Crippen MR) is 62.8 cm³/mol. The van der Waals surface area contributed by atoms with Gasteiger partial charge in [0, 0.05) is 18.0 Å². The maximum Gasteiger partial charge on any atom is 0.246 e. The highest BCUT2D eigenvalue weighted by Crippen LogP contribution is 1.86. The lowest BCUT2D eigenvalue weighted by atomic mass is 10.3. The summed E-state index contributed by atoms with van der Waals surface area (Å²) >= 11 is 5.39. The summed E-state index contributed by atoms with van der Waals surface area (Å²) in [5.74, 6) is 0.487. The number of nitrogens with zero attached hydrogens (tertiary/aromatic N) is 1. The zero-order chi connectivity index (χ0) is 11.6. The first-order valence-electron chi connectivity index (χ1n) is 4.52. The van der Waals surface area contributed by atoms with Crippen LogP contribution in [0.25, 0.3) is 0 Å². The summed E-state index contributed by atoms with van der Waals surface area (Å²) in [5.41, 5.74) is 0.537. The molecule has 0 aliphatic rings. The second-order valence-electron chi connectivity index (χ2n) is 3.42. The summed E-state index contributed by atoms with van der Waals surface area (Å²) in [6.45, 7) is 5.80. The van der Waals surface area contributed by atoms with Gasteiger partial charge in [0.2, 0.25) is 5.91 Å². The fourth-order valence-electron chi connectivity index (χ4n) is 0.420. The van der Waals surface area contributed by atoms with Crippen molar-refractivity contribution in [2.75, 3.05) is 33.6 Å². The van der Waals surface area contributed by atoms with Crippen molar-refractivity contribution >= 4 is 17.5 Å². The van der Waals surface area contributed by atoms with Crippen molar-refractivity contribution in [1.29, 1.82) is 0 Å². The van der Waals surface area contributed by atoms with Gasteiger partial charge in [0.1, 0.15) is 0 Å². The zero-order valence-electron chi connectivity index (χ0n) is 9.56. The van der Waals surface area contributed by atoms with Crippen LogP contribution in [0.1, 0.15) is 13.3 Å². The highest BCUT2D eigenvalue weighted by atomic mass is 35.5. The van der Waals surface area contributed by atoms with E-state index in [4.69, 9.17) is 11.6 Å². The molecule has 0 spiro atoms. The number of hydrogen-bond donors (Lipinski definition) is 1. The maximum absolute atomic E-state index is 10.8. The zero-order valence-corrected chi connectivity index (χ0v) is 10.3. The van der Waals surface area contributed by atoms with E-state index in [1.54, 1.807) is 6.92 Å². The number of amides is 1. The Morgan fingerprint density at radius 3 is 2.14 bits per heavy atom. The van der Waals surface area contributed by atoms with Crippen molar-refractivity contribution < 1.29 is 4.79 Å². The number of hydrogen-bond acceptors (Lipinski definition) is 2. The third-order valence-corrected chi connectivity index (χ3v) is 1.25. The van der Waals surface area contributed by atoms with Gasteiger partial charge in [-0.05, 0) is 34.5 Å². The smallest absolute Gasteiger partial charge is 0.246 e. The highest BCUT2D eigenvalue weighted by molar-refractivity contribution is 6.17. The van der Waals surface area contributed by atoms with E-state index >= 15 is 0 Å². The Morgan fingerprint density at radius 1 is 1.43 bits per heavy atom. The molecule has 0 aliphatic carbocycles. The number of halogens is 1. The molecule has 0 saturated heterocycles. The molecule has 0 saturated carbocycles. The lowest BCUT2D eigenvalue weighted by Crippen LogP contribution is -2.24. The van der Waals surface area contributed by atoms with E-state index in [9.17, 15) is 4.79 Å². The lowest BCUT2D eigenvalue weighted by Gasteiger charge is -2.00. The van der Waals surface area contributed by atoms with E-state index in [0.717, 1.165) is 6.42 Å². The van der Waals surface area contributed by atoms with Crippen LogP contribution in [0.2, 0.25) is 0 Å². The molecule has 84 valence electrons. The molecule has 1 N–H and O–H groups in total. The normalized spacial score (nSPS) is 9.00. The minimum atomic E-state index is -0.0925. The van der Waals surface area contributed by atoms with Gasteiger partial charge >= 0.3 is 0 Å². The second-order valence-corrected chi connectivity index (χ2v) is 3.80. The van der Waals surface area contributed by atoms with Crippen molar-refractivity contribution in [3.63, 3.8) is 0 Å². The molecule has 14 heavy (non-hydrogen) atoms. The van der Waals surface area contributed by atoms with E-state index in [1.807, 2.05) is 26.0 Å². The Bertz CT molecular complexity index is 167. The van der Waals surface area contributed by atoms with Crippen LogP contribution in [0.15, 0.2) is 12.2 Å². The molecule has 0 unspecified atom stereocenters. The molecule has 0 aromatic rings. The van der Waals surface area contributed by atoms with E-state index in [-0.39, 0.29) is 5.91 Å². The molecular weight excluding hydrogens is 200 g/mol. The summed E-state index contributed by atoms with van der Waals surface area (Å²) < 4.78 is 0. The summed E-state index contributed by atoms with van der Waals surface area (Å²) in [5, 5.41) is 2.66. The van der Waals surface area contributed by atoms with Gasteiger partial charge in [-0.1, -0.05) is 6.58 Å². The summed E-state index contributed by atoms with van der Waals surface area (Å²) in [7, 11) is 6.00. The SMILES string of the molecule is C=C(C)C(=O)NCCCCl.CN(C)C. The van der Waals surface area contributed by atoms with Crippen LogP contribution < -0.4 is 5.32 Å². The van der Waals surface area contributed by atoms with Crippen molar-refractivity contribution in [2.24, 2.45) is 0 Å². The van der Waals surface area contributed by atoms with Gasteiger partial charge in [-0.25, -0.2) is 0 Å². The van der Waals surface area contributed by atoms with Gasteiger partial charge in [0.05, 0.1) is 0 Å². The van der Waals surface area contributed by atoms with Gasteiger partial charge in [-0.15, -0.1) is 11.6 Å². The molecular formula is C10H21ClN2O. The van der Waals surface area contributed by atoms with Crippen molar-refractivity contribution in [3.8, 4) is 0 Å². The number of rotatable bonds is 4. The number of carbonyl (C=O) groups is 1. The average Bonchev–Trinajstić information content (AvgIpc) is 2.03. The van der Waals surface area contributed by atoms with E-state index < -0.39 is 0 Å². The molecule has 0 aromatic heterocycles. The van der Waals surface area contributed by atoms with Crippen LogP contribution in [-0.2, 0) is 4.79 Å². The molecule has 0 aliphatic heterocycles. The van der Waals surface area contributed by atoms with Gasteiger partial charge in [-0.2, -0.15) is 0 Å². The van der Waals surface area contributed by atoms with Gasteiger partial charge in [-0.3, -0.25) is 4.79 Å². The maximum atomic E-state index is 10.8. The summed E-state index contributed by atoms with van der Waals surface area (Å²) in [6, 6.07) is 0. The first-order valence-corrected chi connectivity index (χ1v) is 5.05. The standard InChI is InChI=1S/C7H12ClNO.C3H9N/c1-6(2)7(10)9-5-3-4-8;1-4(2)3/h1,3-5H2,2H3,(H,9,10);1-3H3. The first kappa shape index (κ1) is 15.9. The lowest BCUT2D eigenvalue weighted by molar-refractivity contribution is -0.117. The van der Waals surface area contributed by atoms with Crippen LogP contribution >= 0.6 is 11.6 Å². The first-order chi connectivity index (χ1) is 6.41. The Morgan fingerprint density at radius 2 is 1.86 bits per heavy atom. The fraction of sp³-hybridized carbons (Fsp3) is 0.700. The third kappa shape index (κ3) is 17.5. The Hall–Kier alpha value is -0.540. The molecule has 0 bridgehead atoms. The van der Waals surface area contributed by atoms with Crippen LogP contribution in [0.5, 0.6) is 0 Å². The number of nitrogens with one attached hydrogen (secondary N) is 1. The molecule has 0 heterocycles. The van der Waals surface area contributed by atoms with Crippen molar-refractivity contribution in [1.82, 2.24) is 10.2 Å². The minimum Gasteiger partial charge on any atom is -0.352 e. The molecule has 4 heteroatoms. The third-order valence-electron chi connectivity index (χ3n) is 0.984. The Balaban J connectivity index is 0. The second kappa shape index (κ2) is 10.5. The quantitative estimate of drug-likeness (QED) is 0.442. The Labute approximate surface area is 92.1 Å². The van der Waals surface area contributed by atoms with Crippen LogP contribution in [-0.4, -0.2) is 44.4 Å². The van der Waals surface area contributed by atoms with E-state index in [2.05, 4.69) is 11.9 Å². The van der Waals surface area contributed by atoms with Gasteiger partial charge < -0.3 is 10.2 Å². The average molecular weight is 221 g/mol. The molecule has 0 radical (unpaired) electrons. The molecule has 1 amide bonds.